The Bertz CT molecular complexity index is 1100. The first-order valence-corrected chi connectivity index (χ1v) is 9.53. The lowest BCUT2D eigenvalue weighted by atomic mass is 10.2. The Morgan fingerprint density at radius 1 is 1.10 bits per heavy atom. The van der Waals surface area contributed by atoms with Crippen molar-refractivity contribution in [3.63, 3.8) is 0 Å². The van der Waals surface area contributed by atoms with Crippen LogP contribution < -0.4 is 16.2 Å². The standard InChI is InChI=1S/C19H21N7O3/c27-17(21-13-5-1-2-6-13)11-25-10-14(9-20-25)22-18(28)12-26-19(29)15-7-3-4-8-16(15)23-24-26/h3-4,7-10,13H,1-2,5-6,11-12H2,(H,21,27)(H,22,28). The van der Waals surface area contributed by atoms with Gasteiger partial charge in [-0.05, 0) is 25.0 Å². The Labute approximate surface area is 165 Å². The Morgan fingerprint density at radius 3 is 2.72 bits per heavy atom. The summed E-state index contributed by atoms with van der Waals surface area (Å²) in [6.07, 6.45) is 7.35. The van der Waals surface area contributed by atoms with Crippen LogP contribution in [0.4, 0.5) is 5.69 Å². The predicted molar refractivity (Wildman–Crippen MR) is 105 cm³/mol. The lowest BCUT2D eigenvalue weighted by molar-refractivity contribution is -0.122. The van der Waals surface area contributed by atoms with Crippen molar-refractivity contribution in [3.05, 3.63) is 47.0 Å². The first kappa shape index (κ1) is 18.8. The van der Waals surface area contributed by atoms with Crippen molar-refractivity contribution >= 4 is 28.4 Å². The molecule has 1 aromatic carbocycles. The highest BCUT2D eigenvalue weighted by molar-refractivity contribution is 5.90. The highest BCUT2D eigenvalue weighted by Crippen LogP contribution is 2.17. The van der Waals surface area contributed by atoms with Crippen LogP contribution in [0.3, 0.4) is 0 Å². The lowest BCUT2D eigenvalue weighted by Gasteiger charge is -2.11. The number of rotatable bonds is 6. The van der Waals surface area contributed by atoms with E-state index in [1.807, 2.05) is 0 Å². The molecule has 1 aliphatic carbocycles. The Hall–Kier alpha value is -3.56. The zero-order valence-electron chi connectivity index (χ0n) is 15.7. The predicted octanol–water partition coefficient (Wildman–Crippen LogP) is 0.685. The molecule has 0 spiro atoms. The van der Waals surface area contributed by atoms with E-state index in [-0.39, 0.29) is 30.6 Å². The first-order chi connectivity index (χ1) is 14.1. The summed E-state index contributed by atoms with van der Waals surface area (Å²) in [5.41, 5.74) is 0.529. The van der Waals surface area contributed by atoms with Crippen LogP contribution in [0.1, 0.15) is 25.7 Å². The third kappa shape index (κ3) is 4.48. The molecule has 2 amide bonds. The molecule has 0 atom stereocenters. The van der Waals surface area contributed by atoms with Gasteiger partial charge in [-0.1, -0.05) is 30.2 Å². The highest BCUT2D eigenvalue weighted by Gasteiger charge is 2.17. The van der Waals surface area contributed by atoms with Crippen molar-refractivity contribution in [2.24, 2.45) is 0 Å². The first-order valence-electron chi connectivity index (χ1n) is 9.53. The van der Waals surface area contributed by atoms with Gasteiger partial charge >= 0.3 is 0 Å². The second kappa shape index (κ2) is 8.21. The minimum atomic E-state index is -0.438. The van der Waals surface area contributed by atoms with Gasteiger partial charge in [-0.2, -0.15) is 5.10 Å². The molecule has 29 heavy (non-hydrogen) atoms. The molecule has 0 radical (unpaired) electrons. The van der Waals surface area contributed by atoms with E-state index in [2.05, 4.69) is 26.0 Å². The number of benzene rings is 1. The number of anilines is 1. The fraction of sp³-hybridized carbons (Fsp3) is 0.368. The summed E-state index contributed by atoms with van der Waals surface area (Å²) in [6, 6.07) is 7.07. The van der Waals surface area contributed by atoms with Gasteiger partial charge < -0.3 is 10.6 Å². The molecular formula is C19H21N7O3. The summed E-state index contributed by atoms with van der Waals surface area (Å²) in [5, 5.41) is 17.9. The summed E-state index contributed by atoms with van der Waals surface area (Å²) in [5.74, 6) is -0.539. The van der Waals surface area contributed by atoms with E-state index >= 15 is 0 Å². The van der Waals surface area contributed by atoms with Crippen LogP contribution in [0.5, 0.6) is 0 Å². The zero-order valence-corrected chi connectivity index (χ0v) is 15.7. The average Bonchev–Trinajstić information content (AvgIpc) is 3.36. The van der Waals surface area contributed by atoms with Gasteiger partial charge in [-0.25, -0.2) is 4.68 Å². The minimum absolute atomic E-state index is 0.0853. The number of nitrogens with one attached hydrogen (secondary N) is 2. The van der Waals surface area contributed by atoms with E-state index in [0.29, 0.717) is 16.6 Å². The molecule has 1 aliphatic rings. The molecule has 2 heterocycles. The SMILES string of the molecule is O=C(Cn1nnc2ccccc2c1=O)Nc1cnn(CC(=O)NC2CCCC2)c1. The molecule has 0 bridgehead atoms. The van der Waals surface area contributed by atoms with Crippen molar-refractivity contribution in [2.45, 2.75) is 44.8 Å². The van der Waals surface area contributed by atoms with Gasteiger partial charge in [0.2, 0.25) is 11.8 Å². The third-order valence-corrected chi connectivity index (χ3v) is 4.87. The van der Waals surface area contributed by atoms with Crippen LogP contribution in [-0.4, -0.2) is 42.6 Å². The molecule has 1 saturated carbocycles. The van der Waals surface area contributed by atoms with E-state index in [1.165, 1.54) is 10.9 Å². The van der Waals surface area contributed by atoms with Crippen LogP contribution >= 0.6 is 0 Å². The Kier molecular flexibility index (Phi) is 5.32. The molecule has 150 valence electrons. The second-order valence-corrected chi connectivity index (χ2v) is 7.09. The third-order valence-electron chi connectivity index (χ3n) is 4.87. The van der Waals surface area contributed by atoms with Crippen LogP contribution in [0.2, 0.25) is 0 Å². The molecule has 0 unspecified atom stereocenters. The molecule has 0 saturated heterocycles. The maximum Gasteiger partial charge on any atom is 0.278 e. The van der Waals surface area contributed by atoms with Gasteiger partial charge in [0.05, 0.1) is 17.3 Å². The van der Waals surface area contributed by atoms with Crippen molar-refractivity contribution in [3.8, 4) is 0 Å². The van der Waals surface area contributed by atoms with E-state index in [9.17, 15) is 14.4 Å². The largest absolute Gasteiger partial charge is 0.352 e. The number of carbonyl (C=O) groups is 2. The summed E-state index contributed by atoms with van der Waals surface area (Å²) < 4.78 is 2.47. The maximum absolute atomic E-state index is 12.4. The van der Waals surface area contributed by atoms with Gasteiger partial charge in [0.1, 0.15) is 18.6 Å². The number of amides is 2. The molecule has 0 aliphatic heterocycles. The van der Waals surface area contributed by atoms with Crippen molar-refractivity contribution in [2.75, 3.05) is 5.32 Å². The average molecular weight is 395 g/mol. The summed E-state index contributed by atoms with van der Waals surface area (Å²) in [4.78, 5) is 36.8. The topological polar surface area (TPSA) is 124 Å². The molecule has 3 aromatic rings. The fourth-order valence-electron chi connectivity index (χ4n) is 3.47. The van der Waals surface area contributed by atoms with Gasteiger partial charge in [0, 0.05) is 12.2 Å². The number of aromatic nitrogens is 5. The monoisotopic (exact) mass is 395 g/mol. The van der Waals surface area contributed by atoms with Crippen LogP contribution in [0.25, 0.3) is 10.9 Å². The molecule has 4 rings (SSSR count). The molecule has 10 heteroatoms. The maximum atomic E-state index is 12.4. The van der Waals surface area contributed by atoms with E-state index in [4.69, 9.17) is 0 Å². The summed E-state index contributed by atoms with van der Waals surface area (Å²) >= 11 is 0. The molecule has 1 fully saturated rings. The lowest BCUT2D eigenvalue weighted by Crippen LogP contribution is -2.35. The van der Waals surface area contributed by atoms with Crippen LogP contribution in [0.15, 0.2) is 41.5 Å². The number of hydrogen-bond donors (Lipinski definition) is 2. The Morgan fingerprint density at radius 2 is 1.90 bits per heavy atom. The van der Waals surface area contributed by atoms with Crippen LogP contribution in [-0.2, 0) is 22.7 Å². The molecule has 2 aromatic heterocycles. The highest BCUT2D eigenvalue weighted by atomic mass is 16.2. The van der Waals surface area contributed by atoms with Crippen molar-refractivity contribution < 1.29 is 9.59 Å². The van der Waals surface area contributed by atoms with E-state index in [1.54, 1.807) is 30.5 Å². The van der Waals surface area contributed by atoms with E-state index < -0.39 is 5.91 Å². The number of fused-ring (bicyclic) bond motifs is 1. The minimum Gasteiger partial charge on any atom is -0.352 e. The van der Waals surface area contributed by atoms with Gasteiger partial charge in [0.25, 0.3) is 5.56 Å². The van der Waals surface area contributed by atoms with Crippen molar-refractivity contribution in [1.29, 1.82) is 0 Å². The molecule has 2 N–H and O–H groups in total. The zero-order chi connectivity index (χ0) is 20.2. The van der Waals surface area contributed by atoms with Gasteiger partial charge in [-0.3, -0.25) is 19.1 Å². The summed E-state index contributed by atoms with van der Waals surface area (Å²) in [6.45, 7) is -0.188. The number of carbonyl (C=O) groups excluding carboxylic acids is 2. The van der Waals surface area contributed by atoms with E-state index in [0.717, 1.165) is 30.4 Å². The smallest absolute Gasteiger partial charge is 0.278 e. The van der Waals surface area contributed by atoms with Crippen molar-refractivity contribution in [1.82, 2.24) is 30.1 Å². The fourth-order valence-corrected chi connectivity index (χ4v) is 3.47. The molecule has 10 nitrogen and oxygen atoms in total. The summed E-state index contributed by atoms with van der Waals surface area (Å²) in [7, 11) is 0. The van der Waals surface area contributed by atoms with Crippen LogP contribution in [0, 0.1) is 0 Å². The van der Waals surface area contributed by atoms with Gasteiger partial charge in [-0.15, -0.1) is 5.10 Å². The molecular weight excluding hydrogens is 374 g/mol. The quantitative estimate of drug-likeness (QED) is 0.633. The number of nitrogens with zero attached hydrogens (tertiary/aromatic N) is 5. The van der Waals surface area contributed by atoms with Gasteiger partial charge in [0.15, 0.2) is 0 Å². The second-order valence-electron chi connectivity index (χ2n) is 7.09. The number of hydrogen-bond acceptors (Lipinski definition) is 6. The Balaban J connectivity index is 1.35. The normalized spacial score (nSPS) is 14.2.